The maximum atomic E-state index is 12.5. The summed E-state index contributed by atoms with van der Waals surface area (Å²) >= 11 is 5.86. The van der Waals surface area contributed by atoms with Gasteiger partial charge in [0.15, 0.2) is 0 Å². The molecule has 1 aliphatic rings. The third kappa shape index (κ3) is 3.06. The summed E-state index contributed by atoms with van der Waals surface area (Å²) < 4.78 is 1.69. The molecule has 0 aromatic carbocycles. The minimum absolute atomic E-state index is 0.104. The highest BCUT2D eigenvalue weighted by Crippen LogP contribution is 2.17. The number of nitrogens with zero attached hydrogens (tertiary/aromatic N) is 5. The van der Waals surface area contributed by atoms with Gasteiger partial charge >= 0.3 is 0 Å². The summed E-state index contributed by atoms with van der Waals surface area (Å²) in [5.41, 5.74) is 0. The Hall–Kier alpha value is -2.08. The fraction of sp³-hybridized carbons (Fsp3) is 0.400. The minimum atomic E-state index is -0.268. The van der Waals surface area contributed by atoms with Crippen LogP contribution in [0.1, 0.15) is 13.0 Å². The zero-order valence-corrected chi connectivity index (χ0v) is 13.1. The number of piperazine rings is 1. The smallest absolute Gasteiger partial charge is 0.247 e. The van der Waals surface area contributed by atoms with Gasteiger partial charge in [-0.25, -0.2) is 4.98 Å². The zero-order valence-electron chi connectivity index (χ0n) is 12.4. The van der Waals surface area contributed by atoms with Crippen molar-refractivity contribution in [2.24, 2.45) is 0 Å². The van der Waals surface area contributed by atoms with E-state index in [2.05, 4.69) is 15.0 Å². The first-order valence-corrected chi connectivity index (χ1v) is 7.67. The number of halogens is 1. The van der Waals surface area contributed by atoms with Crippen LogP contribution in [0.4, 0.5) is 5.82 Å². The monoisotopic (exact) mass is 319 g/mol. The number of aromatic nitrogens is 3. The predicted molar refractivity (Wildman–Crippen MR) is 85.0 cm³/mol. The molecule has 0 unspecified atom stereocenters. The Kier molecular flexibility index (Phi) is 4.29. The molecule has 0 aliphatic carbocycles. The third-order valence-corrected chi connectivity index (χ3v) is 4.13. The Morgan fingerprint density at radius 1 is 1.27 bits per heavy atom. The van der Waals surface area contributed by atoms with Gasteiger partial charge in [-0.15, -0.1) is 0 Å². The summed E-state index contributed by atoms with van der Waals surface area (Å²) in [6, 6.07) is 5.30. The van der Waals surface area contributed by atoms with E-state index in [-0.39, 0.29) is 11.9 Å². The van der Waals surface area contributed by atoms with Crippen molar-refractivity contribution in [1.82, 2.24) is 19.7 Å². The first kappa shape index (κ1) is 14.8. The van der Waals surface area contributed by atoms with E-state index in [9.17, 15) is 4.79 Å². The normalized spacial score (nSPS) is 16.6. The van der Waals surface area contributed by atoms with Crippen LogP contribution in [0.2, 0.25) is 5.02 Å². The molecule has 0 bridgehead atoms. The Labute approximate surface area is 134 Å². The van der Waals surface area contributed by atoms with Crippen LogP contribution in [-0.2, 0) is 4.79 Å². The average molecular weight is 320 g/mol. The number of hydrogen-bond acceptors (Lipinski definition) is 4. The lowest BCUT2D eigenvalue weighted by Crippen LogP contribution is -2.50. The Morgan fingerprint density at radius 3 is 2.64 bits per heavy atom. The molecule has 0 N–H and O–H groups in total. The van der Waals surface area contributed by atoms with Crippen molar-refractivity contribution in [2.45, 2.75) is 13.0 Å². The van der Waals surface area contributed by atoms with Crippen molar-refractivity contribution in [1.29, 1.82) is 0 Å². The van der Waals surface area contributed by atoms with Crippen molar-refractivity contribution in [3.05, 3.63) is 41.8 Å². The summed E-state index contributed by atoms with van der Waals surface area (Å²) in [5.74, 6) is 1.00. The molecule has 0 saturated carbocycles. The summed E-state index contributed by atoms with van der Waals surface area (Å²) in [6.07, 6.45) is 5.15. The van der Waals surface area contributed by atoms with Crippen LogP contribution >= 0.6 is 11.6 Å². The summed E-state index contributed by atoms with van der Waals surface area (Å²) in [7, 11) is 0. The second kappa shape index (κ2) is 6.36. The number of carbonyl (C=O) groups excluding carboxylic acids is 1. The molecule has 7 heteroatoms. The van der Waals surface area contributed by atoms with Gasteiger partial charge in [-0.1, -0.05) is 11.6 Å². The fourth-order valence-electron chi connectivity index (χ4n) is 2.60. The molecule has 0 spiro atoms. The van der Waals surface area contributed by atoms with Crippen LogP contribution in [0, 0.1) is 0 Å². The number of carbonyl (C=O) groups is 1. The highest BCUT2D eigenvalue weighted by Gasteiger charge is 2.26. The van der Waals surface area contributed by atoms with Crippen molar-refractivity contribution < 1.29 is 4.79 Å². The molecule has 2 aromatic rings. The van der Waals surface area contributed by atoms with Crippen LogP contribution in [0.25, 0.3) is 0 Å². The van der Waals surface area contributed by atoms with Crippen LogP contribution < -0.4 is 4.90 Å². The SMILES string of the molecule is C[C@@H](C(=O)N1CCN(c2ccc(Cl)cn2)CC1)n1cccn1. The van der Waals surface area contributed by atoms with Crippen molar-refractivity contribution in [3.63, 3.8) is 0 Å². The van der Waals surface area contributed by atoms with Crippen LogP contribution in [0.15, 0.2) is 36.8 Å². The van der Waals surface area contributed by atoms with Crippen molar-refractivity contribution in [2.75, 3.05) is 31.1 Å². The number of pyridine rings is 1. The zero-order chi connectivity index (χ0) is 15.5. The average Bonchev–Trinajstić information content (AvgIpc) is 3.09. The molecule has 3 heterocycles. The van der Waals surface area contributed by atoms with Gasteiger partial charge in [0, 0.05) is 44.8 Å². The molecule has 1 fully saturated rings. The molecule has 2 aromatic heterocycles. The molecular formula is C15H18ClN5O. The third-order valence-electron chi connectivity index (χ3n) is 3.91. The van der Waals surface area contributed by atoms with E-state index in [1.165, 1.54) is 0 Å². The van der Waals surface area contributed by atoms with E-state index in [1.54, 1.807) is 17.1 Å². The maximum Gasteiger partial charge on any atom is 0.247 e. The largest absolute Gasteiger partial charge is 0.353 e. The van der Waals surface area contributed by atoms with E-state index >= 15 is 0 Å². The van der Waals surface area contributed by atoms with Gasteiger partial charge in [-0.2, -0.15) is 5.10 Å². The molecule has 1 amide bonds. The number of hydrogen-bond donors (Lipinski definition) is 0. The highest BCUT2D eigenvalue weighted by atomic mass is 35.5. The van der Waals surface area contributed by atoms with E-state index < -0.39 is 0 Å². The standard InChI is InChI=1S/C15H18ClN5O/c1-12(21-6-2-5-18-21)15(22)20-9-7-19(8-10-20)14-4-3-13(16)11-17-14/h2-6,11-12H,7-10H2,1H3/t12-/m0/s1. The number of amides is 1. The lowest BCUT2D eigenvalue weighted by molar-refractivity contribution is -0.134. The van der Waals surface area contributed by atoms with Crippen LogP contribution in [0.5, 0.6) is 0 Å². The molecule has 3 rings (SSSR count). The van der Waals surface area contributed by atoms with E-state index in [4.69, 9.17) is 11.6 Å². The van der Waals surface area contributed by atoms with Gasteiger partial charge in [0.1, 0.15) is 11.9 Å². The molecule has 1 aliphatic heterocycles. The molecule has 6 nitrogen and oxygen atoms in total. The Bertz CT molecular complexity index is 620. The fourth-order valence-corrected chi connectivity index (χ4v) is 2.71. The minimum Gasteiger partial charge on any atom is -0.353 e. The van der Waals surface area contributed by atoms with E-state index in [0.717, 1.165) is 18.9 Å². The lowest BCUT2D eigenvalue weighted by atomic mass is 10.2. The van der Waals surface area contributed by atoms with E-state index in [1.807, 2.05) is 36.2 Å². The summed E-state index contributed by atoms with van der Waals surface area (Å²) in [5, 5.41) is 4.77. The molecule has 1 atom stereocenters. The molecular weight excluding hydrogens is 302 g/mol. The second-order valence-electron chi connectivity index (χ2n) is 5.31. The van der Waals surface area contributed by atoms with Gasteiger partial charge in [0.25, 0.3) is 0 Å². The second-order valence-corrected chi connectivity index (χ2v) is 5.75. The van der Waals surface area contributed by atoms with Crippen LogP contribution in [0.3, 0.4) is 0 Å². The van der Waals surface area contributed by atoms with Gasteiger partial charge in [-0.3, -0.25) is 9.48 Å². The van der Waals surface area contributed by atoms with Gasteiger partial charge in [-0.05, 0) is 25.1 Å². The molecule has 116 valence electrons. The topological polar surface area (TPSA) is 54.3 Å². The Morgan fingerprint density at radius 2 is 2.05 bits per heavy atom. The Balaban J connectivity index is 1.59. The van der Waals surface area contributed by atoms with Crippen molar-refractivity contribution >= 4 is 23.3 Å². The summed E-state index contributed by atoms with van der Waals surface area (Å²) in [6.45, 7) is 4.80. The van der Waals surface area contributed by atoms with Gasteiger partial charge < -0.3 is 9.80 Å². The molecule has 22 heavy (non-hydrogen) atoms. The predicted octanol–water partition coefficient (Wildman–Crippen LogP) is 1.84. The molecule has 1 saturated heterocycles. The first-order chi connectivity index (χ1) is 10.6. The lowest BCUT2D eigenvalue weighted by Gasteiger charge is -2.36. The maximum absolute atomic E-state index is 12.5. The van der Waals surface area contributed by atoms with Crippen LogP contribution in [-0.4, -0.2) is 51.8 Å². The number of anilines is 1. The van der Waals surface area contributed by atoms with E-state index in [0.29, 0.717) is 18.1 Å². The van der Waals surface area contributed by atoms with Gasteiger partial charge in [0.05, 0.1) is 5.02 Å². The first-order valence-electron chi connectivity index (χ1n) is 7.29. The number of rotatable bonds is 3. The van der Waals surface area contributed by atoms with Crippen molar-refractivity contribution in [3.8, 4) is 0 Å². The highest BCUT2D eigenvalue weighted by molar-refractivity contribution is 6.30. The molecule has 0 radical (unpaired) electrons. The summed E-state index contributed by atoms with van der Waals surface area (Å²) in [4.78, 5) is 20.9. The quantitative estimate of drug-likeness (QED) is 0.866. The van der Waals surface area contributed by atoms with Gasteiger partial charge in [0.2, 0.25) is 5.91 Å².